The van der Waals surface area contributed by atoms with Crippen LogP contribution in [0.15, 0.2) is 43.2 Å². The summed E-state index contributed by atoms with van der Waals surface area (Å²) in [7, 11) is 0. The van der Waals surface area contributed by atoms with E-state index in [1.807, 2.05) is 18.7 Å². The van der Waals surface area contributed by atoms with Crippen LogP contribution < -0.4 is 5.32 Å². The van der Waals surface area contributed by atoms with Crippen LogP contribution in [-0.4, -0.2) is 26.1 Å². The molecule has 0 saturated heterocycles. The molecule has 21 heavy (non-hydrogen) atoms. The molecule has 0 unspecified atom stereocenters. The van der Waals surface area contributed by atoms with Crippen LogP contribution in [0.25, 0.3) is 11.3 Å². The molecule has 4 rings (SSSR count). The van der Waals surface area contributed by atoms with Gasteiger partial charge in [-0.15, -0.1) is 0 Å². The predicted molar refractivity (Wildman–Crippen MR) is 82.1 cm³/mol. The zero-order valence-corrected chi connectivity index (χ0v) is 11.7. The summed E-state index contributed by atoms with van der Waals surface area (Å²) in [5, 5.41) is 3.50. The molecule has 1 aliphatic rings. The second kappa shape index (κ2) is 5.09. The van der Waals surface area contributed by atoms with Crippen LogP contribution in [0.1, 0.15) is 11.3 Å². The van der Waals surface area contributed by atoms with Crippen molar-refractivity contribution in [2.45, 2.75) is 19.4 Å². The first-order valence-electron chi connectivity index (χ1n) is 7.25. The average Bonchev–Trinajstić information content (AvgIpc) is 3.25. The molecule has 0 saturated carbocycles. The van der Waals surface area contributed by atoms with Crippen molar-refractivity contribution in [1.82, 2.24) is 19.5 Å². The number of aromatic nitrogens is 4. The van der Waals surface area contributed by atoms with E-state index in [2.05, 4.69) is 43.0 Å². The molecule has 1 aliphatic heterocycles. The summed E-state index contributed by atoms with van der Waals surface area (Å²) in [4.78, 5) is 11.5. The van der Waals surface area contributed by atoms with Gasteiger partial charge in [-0.2, -0.15) is 0 Å². The third kappa shape index (κ3) is 2.20. The monoisotopic (exact) mass is 279 g/mol. The van der Waals surface area contributed by atoms with E-state index in [-0.39, 0.29) is 0 Å². The van der Waals surface area contributed by atoms with Gasteiger partial charge in [0.2, 0.25) is 0 Å². The summed E-state index contributed by atoms with van der Waals surface area (Å²) in [6.45, 7) is 1.91. The van der Waals surface area contributed by atoms with E-state index in [1.165, 1.54) is 22.5 Å². The summed E-state index contributed by atoms with van der Waals surface area (Å²) in [5.41, 5.74) is 6.22. The van der Waals surface area contributed by atoms with Gasteiger partial charge >= 0.3 is 0 Å². The lowest BCUT2D eigenvalue weighted by molar-refractivity contribution is 0.693. The molecule has 5 heteroatoms. The van der Waals surface area contributed by atoms with Gasteiger partial charge in [0.1, 0.15) is 0 Å². The van der Waals surface area contributed by atoms with Crippen LogP contribution in [0, 0.1) is 0 Å². The highest BCUT2D eigenvalue weighted by molar-refractivity contribution is 5.79. The van der Waals surface area contributed by atoms with Crippen LogP contribution in [-0.2, 0) is 19.4 Å². The number of fused-ring (bicyclic) bond motifs is 1. The number of hydrogen-bond donors (Lipinski definition) is 2. The number of benzene rings is 1. The van der Waals surface area contributed by atoms with Crippen molar-refractivity contribution in [3.63, 3.8) is 0 Å². The number of para-hydroxylation sites is 1. The maximum absolute atomic E-state index is 4.33. The molecule has 1 aromatic carbocycles. The first kappa shape index (κ1) is 12.2. The number of nitrogens with one attached hydrogen (secondary N) is 2. The minimum atomic E-state index is 0.890. The van der Waals surface area contributed by atoms with Gasteiger partial charge in [0.05, 0.1) is 24.5 Å². The molecule has 0 radical (unpaired) electrons. The standard InChI is InChI=1S/C16H17N5/c1-2-12-4-6-19-16(12)14(3-1)15-9-18-11-21(15)7-5-13-8-17-10-20-13/h1-3,8-11,19H,4-7H2,(H,17,20). The summed E-state index contributed by atoms with van der Waals surface area (Å²) in [6.07, 6.45) is 9.47. The number of aromatic amines is 1. The van der Waals surface area contributed by atoms with Gasteiger partial charge in [0.15, 0.2) is 0 Å². The largest absolute Gasteiger partial charge is 0.384 e. The van der Waals surface area contributed by atoms with E-state index < -0.39 is 0 Å². The van der Waals surface area contributed by atoms with Crippen LogP contribution >= 0.6 is 0 Å². The third-order valence-electron chi connectivity index (χ3n) is 4.01. The first-order chi connectivity index (χ1) is 10.4. The minimum Gasteiger partial charge on any atom is -0.384 e. The topological polar surface area (TPSA) is 58.5 Å². The van der Waals surface area contributed by atoms with Gasteiger partial charge in [-0.1, -0.05) is 18.2 Å². The van der Waals surface area contributed by atoms with E-state index in [0.717, 1.165) is 31.6 Å². The summed E-state index contributed by atoms with van der Waals surface area (Å²) in [6, 6.07) is 6.50. The number of anilines is 1. The molecular weight excluding hydrogens is 262 g/mol. The SMILES string of the molecule is c1cc2c(c(-c3cncn3CCc3cnc[nH]3)c1)NCC2. The Hall–Kier alpha value is -2.56. The lowest BCUT2D eigenvalue weighted by Crippen LogP contribution is -2.03. The van der Waals surface area contributed by atoms with Crippen molar-refractivity contribution in [2.75, 3.05) is 11.9 Å². The summed E-state index contributed by atoms with van der Waals surface area (Å²) < 4.78 is 2.20. The highest BCUT2D eigenvalue weighted by atomic mass is 15.1. The number of H-pyrrole nitrogens is 1. The molecule has 0 atom stereocenters. The Labute approximate surface area is 123 Å². The molecule has 2 aromatic heterocycles. The number of rotatable bonds is 4. The van der Waals surface area contributed by atoms with Gasteiger partial charge < -0.3 is 14.9 Å². The number of nitrogens with zero attached hydrogens (tertiary/aromatic N) is 3. The highest BCUT2D eigenvalue weighted by Gasteiger charge is 2.17. The van der Waals surface area contributed by atoms with Crippen molar-refractivity contribution < 1.29 is 0 Å². The summed E-state index contributed by atoms with van der Waals surface area (Å²) in [5.74, 6) is 0. The van der Waals surface area contributed by atoms with Crippen LogP contribution in [0.4, 0.5) is 5.69 Å². The fourth-order valence-electron chi connectivity index (χ4n) is 2.94. The second-order valence-corrected chi connectivity index (χ2v) is 5.32. The van der Waals surface area contributed by atoms with Crippen LogP contribution in [0.2, 0.25) is 0 Å². The van der Waals surface area contributed by atoms with Crippen molar-refractivity contribution in [3.05, 3.63) is 54.5 Å². The van der Waals surface area contributed by atoms with Crippen LogP contribution in [0.5, 0.6) is 0 Å². The Kier molecular flexibility index (Phi) is 2.96. The lowest BCUT2D eigenvalue weighted by atomic mass is 10.1. The lowest BCUT2D eigenvalue weighted by Gasteiger charge is -2.11. The Bertz CT molecular complexity index is 742. The van der Waals surface area contributed by atoms with Crippen molar-refractivity contribution in [1.29, 1.82) is 0 Å². The first-order valence-corrected chi connectivity index (χ1v) is 7.25. The molecule has 5 nitrogen and oxygen atoms in total. The minimum absolute atomic E-state index is 0.890. The molecule has 0 amide bonds. The maximum atomic E-state index is 4.33. The Balaban J connectivity index is 1.65. The molecular formula is C16H17N5. The normalized spacial score (nSPS) is 13.1. The molecule has 0 bridgehead atoms. The van der Waals surface area contributed by atoms with Crippen LogP contribution in [0.3, 0.4) is 0 Å². The van der Waals surface area contributed by atoms with Gasteiger partial charge in [-0.25, -0.2) is 9.97 Å². The smallest absolute Gasteiger partial charge is 0.0951 e. The van der Waals surface area contributed by atoms with Crippen molar-refractivity contribution >= 4 is 5.69 Å². The zero-order chi connectivity index (χ0) is 14.1. The van der Waals surface area contributed by atoms with Crippen molar-refractivity contribution in [2.24, 2.45) is 0 Å². The maximum Gasteiger partial charge on any atom is 0.0951 e. The second-order valence-electron chi connectivity index (χ2n) is 5.32. The van der Waals surface area contributed by atoms with E-state index in [0.29, 0.717) is 0 Å². The molecule has 3 heterocycles. The number of aryl methyl sites for hydroxylation is 2. The Morgan fingerprint density at radius 3 is 3.10 bits per heavy atom. The fourth-order valence-corrected chi connectivity index (χ4v) is 2.94. The molecule has 3 aromatic rings. The molecule has 2 N–H and O–H groups in total. The molecule has 0 spiro atoms. The molecule has 0 fully saturated rings. The molecule has 106 valence electrons. The quantitative estimate of drug-likeness (QED) is 0.771. The van der Waals surface area contributed by atoms with Crippen molar-refractivity contribution in [3.8, 4) is 11.3 Å². The van der Waals surface area contributed by atoms with Gasteiger partial charge in [0.25, 0.3) is 0 Å². The Morgan fingerprint density at radius 1 is 1.19 bits per heavy atom. The average molecular weight is 279 g/mol. The van der Waals surface area contributed by atoms with Gasteiger partial charge in [-0.05, 0) is 12.0 Å². The van der Waals surface area contributed by atoms with Gasteiger partial charge in [0, 0.05) is 42.7 Å². The fraction of sp³-hybridized carbons (Fsp3) is 0.250. The highest BCUT2D eigenvalue weighted by Crippen LogP contribution is 2.34. The number of hydrogen-bond acceptors (Lipinski definition) is 3. The number of imidazole rings is 2. The van der Waals surface area contributed by atoms with E-state index in [1.54, 1.807) is 6.33 Å². The van der Waals surface area contributed by atoms with E-state index in [4.69, 9.17) is 0 Å². The zero-order valence-electron chi connectivity index (χ0n) is 11.7. The molecule has 0 aliphatic carbocycles. The third-order valence-corrected chi connectivity index (χ3v) is 4.01. The Morgan fingerprint density at radius 2 is 2.19 bits per heavy atom. The van der Waals surface area contributed by atoms with Gasteiger partial charge in [-0.3, -0.25) is 0 Å². The summed E-state index contributed by atoms with van der Waals surface area (Å²) >= 11 is 0. The van der Waals surface area contributed by atoms with E-state index >= 15 is 0 Å². The predicted octanol–water partition coefficient (Wildman–Crippen LogP) is 2.48. The van der Waals surface area contributed by atoms with E-state index in [9.17, 15) is 0 Å².